The van der Waals surface area contributed by atoms with Crippen molar-refractivity contribution in [3.63, 3.8) is 0 Å². The van der Waals surface area contributed by atoms with E-state index < -0.39 is 0 Å². The molecule has 0 aliphatic carbocycles. The molecule has 1 aromatic carbocycles. The quantitative estimate of drug-likeness (QED) is 0.867. The van der Waals surface area contributed by atoms with E-state index in [2.05, 4.69) is 29.1 Å². The van der Waals surface area contributed by atoms with Crippen LogP contribution in [0.25, 0.3) is 10.9 Å². The summed E-state index contributed by atoms with van der Waals surface area (Å²) in [4.78, 5) is 14.1. The Bertz CT molecular complexity index is 865. The molecular formula is C21H29N3O3. The maximum Gasteiger partial charge on any atom is 0.222 e. The molecule has 27 heavy (non-hydrogen) atoms. The van der Waals surface area contributed by atoms with Crippen molar-refractivity contribution in [1.29, 1.82) is 0 Å². The number of carbonyl (C=O) groups is 1. The summed E-state index contributed by atoms with van der Waals surface area (Å²) in [5.74, 6) is 1.08. The lowest BCUT2D eigenvalue weighted by Gasteiger charge is -2.46. The number of aromatic nitrogens is 1. The van der Waals surface area contributed by atoms with E-state index in [0.29, 0.717) is 6.42 Å². The summed E-state index contributed by atoms with van der Waals surface area (Å²) >= 11 is 0. The van der Waals surface area contributed by atoms with Gasteiger partial charge in [-0.2, -0.15) is 0 Å². The number of hydrogen-bond acceptors (Lipinski definition) is 4. The van der Waals surface area contributed by atoms with Crippen LogP contribution in [-0.4, -0.2) is 53.8 Å². The molecule has 2 aliphatic rings. The molecule has 0 bridgehead atoms. The number of nitrogens with zero attached hydrogens (tertiary/aromatic N) is 2. The molecule has 1 spiro atoms. The molecule has 1 saturated heterocycles. The van der Waals surface area contributed by atoms with Crippen molar-refractivity contribution in [1.82, 2.24) is 14.8 Å². The van der Waals surface area contributed by atoms with Crippen molar-refractivity contribution in [3.05, 3.63) is 29.5 Å². The van der Waals surface area contributed by atoms with Crippen LogP contribution in [-0.2, 0) is 17.3 Å². The van der Waals surface area contributed by atoms with Crippen LogP contribution in [0, 0.1) is 0 Å². The van der Waals surface area contributed by atoms with E-state index in [1.54, 1.807) is 7.11 Å². The first-order valence-corrected chi connectivity index (χ1v) is 9.83. The average molecular weight is 371 g/mol. The Kier molecular flexibility index (Phi) is 4.64. The van der Waals surface area contributed by atoms with Gasteiger partial charge in [0.05, 0.1) is 25.3 Å². The second kappa shape index (κ2) is 6.84. The smallest absolute Gasteiger partial charge is 0.222 e. The number of aryl methyl sites for hydroxylation is 1. The number of piperidine rings is 1. The molecule has 1 fully saturated rings. The molecule has 6 heteroatoms. The molecule has 1 atom stereocenters. The van der Waals surface area contributed by atoms with E-state index in [1.807, 2.05) is 17.9 Å². The third kappa shape index (κ3) is 2.74. The maximum absolute atomic E-state index is 12.1. The number of aliphatic hydroxyl groups excluding tert-OH is 1. The fourth-order valence-electron chi connectivity index (χ4n) is 5.02. The highest BCUT2D eigenvalue weighted by Gasteiger charge is 2.45. The van der Waals surface area contributed by atoms with Gasteiger partial charge in [0.2, 0.25) is 5.91 Å². The van der Waals surface area contributed by atoms with E-state index in [-0.39, 0.29) is 24.0 Å². The number of ether oxygens (including phenoxy) is 1. The normalized spacial score (nSPS) is 21.5. The molecule has 2 N–H and O–H groups in total. The molecule has 1 amide bonds. The zero-order chi connectivity index (χ0) is 19.2. The fourth-order valence-corrected chi connectivity index (χ4v) is 5.02. The lowest BCUT2D eigenvalue weighted by atomic mass is 9.69. The summed E-state index contributed by atoms with van der Waals surface area (Å²) in [6.07, 6.45) is 2.46. The molecule has 4 rings (SSSR count). The Morgan fingerprint density at radius 3 is 2.74 bits per heavy atom. The van der Waals surface area contributed by atoms with Crippen LogP contribution in [0.3, 0.4) is 0 Å². The predicted octanol–water partition coefficient (Wildman–Crippen LogP) is 2.09. The number of likely N-dealkylation sites (tertiary alicyclic amines) is 1. The minimum atomic E-state index is -0.0654. The van der Waals surface area contributed by atoms with Gasteiger partial charge in [-0.25, -0.2) is 0 Å². The largest absolute Gasteiger partial charge is 0.497 e. The molecule has 3 heterocycles. The van der Waals surface area contributed by atoms with Gasteiger partial charge in [-0.15, -0.1) is 0 Å². The second-order valence-electron chi connectivity index (χ2n) is 7.83. The Balaban J connectivity index is 1.83. The Labute approximate surface area is 160 Å². The third-order valence-corrected chi connectivity index (χ3v) is 6.56. The minimum Gasteiger partial charge on any atom is -0.497 e. The number of aliphatic hydroxyl groups is 1. The average Bonchev–Trinajstić information content (AvgIpc) is 3.02. The van der Waals surface area contributed by atoms with E-state index in [0.717, 1.165) is 43.7 Å². The SMILES string of the molecule is CCC(=O)N1CCC2(CC1)CN[C@@H](CO)c1c2c2ccc(OC)cc2n1C. The topological polar surface area (TPSA) is 66.7 Å². The highest BCUT2D eigenvalue weighted by Crippen LogP contribution is 2.47. The van der Waals surface area contributed by atoms with Gasteiger partial charge in [-0.05, 0) is 30.5 Å². The van der Waals surface area contributed by atoms with E-state index in [1.165, 1.54) is 16.6 Å². The highest BCUT2D eigenvalue weighted by molar-refractivity contribution is 5.88. The van der Waals surface area contributed by atoms with Crippen LogP contribution in [0.5, 0.6) is 5.75 Å². The van der Waals surface area contributed by atoms with Gasteiger partial charge in [-0.3, -0.25) is 4.79 Å². The van der Waals surface area contributed by atoms with Crippen molar-refractivity contribution in [2.24, 2.45) is 7.05 Å². The highest BCUT2D eigenvalue weighted by atomic mass is 16.5. The third-order valence-electron chi connectivity index (χ3n) is 6.56. The van der Waals surface area contributed by atoms with Gasteiger partial charge in [-0.1, -0.05) is 6.92 Å². The molecule has 1 aromatic heterocycles. The molecule has 2 aliphatic heterocycles. The lowest BCUT2D eigenvalue weighted by Crippen LogP contribution is -2.53. The number of hydrogen-bond donors (Lipinski definition) is 2. The van der Waals surface area contributed by atoms with Gasteiger partial charge in [0.25, 0.3) is 0 Å². The molecule has 146 valence electrons. The molecule has 2 aromatic rings. The maximum atomic E-state index is 12.1. The van der Waals surface area contributed by atoms with Crippen LogP contribution in [0.1, 0.15) is 43.5 Å². The Hall–Kier alpha value is -2.05. The zero-order valence-electron chi connectivity index (χ0n) is 16.4. The van der Waals surface area contributed by atoms with Crippen molar-refractivity contribution >= 4 is 16.8 Å². The van der Waals surface area contributed by atoms with Crippen LogP contribution in [0.2, 0.25) is 0 Å². The first kappa shape index (κ1) is 18.3. The summed E-state index contributed by atoms with van der Waals surface area (Å²) in [7, 11) is 3.75. The zero-order valence-corrected chi connectivity index (χ0v) is 16.4. The van der Waals surface area contributed by atoms with Crippen molar-refractivity contribution < 1.29 is 14.6 Å². The number of carbonyl (C=O) groups excluding carboxylic acids is 1. The fraction of sp³-hybridized carbons (Fsp3) is 0.571. The first-order valence-electron chi connectivity index (χ1n) is 9.83. The van der Waals surface area contributed by atoms with Crippen LogP contribution in [0.4, 0.5) is 0 Å². The predicted molar refractivity (Wildman–Crippen MR) is 105 cm³/mol. The molecule has 0 saturated carbocycles. The number of methoxy groups -OCH3 is 1. The van der Waals surface area contributed by atoms with Gasteiger partial charge in [0.1, 0.15) is 5.75 Å². The monoisotopic (exact) mass is 371 g/mol. The Morgan fingerprint density at radius 1 is 1.37 bits per heavy atom. The summed E-state index contributed by atoms with van der Waals surface area (Å²) in [6.45, 7) is 4.43. The van der Waals surface area contributed by atoms with E-state index in [4.69, 9.17) is 4.74 Å². The number of amides is 1. The van der Waals surface area contributed by atoms with Gasteiger partial charge >= 0.3 is 0 Å². The summed E-state index contributed by atoms with van der Waals surface area (Å²) in [6, 6.07) is 6.18. The van der Waals surface area contributed by atoms with Gasteiger partial charge in [0, 0.05) is 55.7 Å². The van der Waals surface area contributed by atoms with E-state index >= 15 is 0 Å². The number of benzene rings is 1. The van der Waals surface area contributed by atoms with E-state index in [9.17, 15) is 9.90 Å². The van der Waals surface area contributed by atoms with Gasteiger partial charge in [0.15, 0.2) is 0 Å². The minimum absolute atomic E-state index is 0.000374. The standard InChI is InChI=1S/C21H29N3O3/c1-4-18(26)24-9-7-21(8-10-24)13-22-16(12-25)20-19(21)15-6-5-14(27-3)11-17(15)23(20)2/h5-6,11,16,22,25H,4,7-10,12-13H2,1-3H3/t16-/m0/s1. The summed E-state index contributed by atoms with van der Waals surface area (Å²) in [5.41, 5.74) is 3.65. The van der Waals surface area contributed by atoms with Crippen molar-refractivity contribution in [2.45, 2.75) is 37.6 Å². The molecule has 0 unspecified atom stereocenters. The summed E-state index contributed by atoms with van der Waals surface area (Å²) < 4.78 is 7.63. The summed E-state index contributed by atoms with van der Waals surface area (Å²) in [5, 5.41) is 14.8. The van der Waals surface area contributed by atoms with Crippen molar-refractivity contribution in [3.8, 4) is 5.75 Å². The molecular weight excluding hydrogens is 342 g/mol. The van der Waals surface area contributed by atoms with Crippen LogP contribution < -0.4 is 10.1 Å². The van der Waals surface area contributed by atoms with Crippen LogP contribution >= 0.6 is 0 Å². The Morgan fingerprint density at radius 2 is 2.11 bits per heavy atom. The van der Waals surface area contributed by atoms with Crippen LogP contribution in [0.15, 0.2) is 18.2 Å². The number of nitrogens with one attached hydrogen (secondary N) is 1. The molecule has 6 nitrogen and oxygen atoms in total. The van der Waals surface area contributed by atoms with Gasteiger partial charge < -0.3 is 24.6 Å². The lowest BCUT2D eigenvalue weighted by molar-refractivity contribution is -0.132. The number of rotatable bonds is 3. The van der Waals surface area contributed by atoms with Crippen molar-refractivity contribution in [2.75, 3.05) is 33.4 Å². The first-order chi connectivity index (χ1) is 13.0. The molecule has 0 radical (unpaired) electrons. The number of fused-ring (bicyclic) bond motifs is 4. The second-order valence-corrected chi connectivity index (χ2v) is 7.83.